The normalized spacial score (nSPS) is 13.9. The Balaban J connectivity index is 1.51. The number of hydrogen-bond donors (Lipinski definition) is 0. The van der Waals surface area contributed by atoms with E-state index in [0.717, 1.165) is 23.9 Å². The lowest BCUT2D eigenvalue weighted by Gasteiger charge is -2.27. The molecule has 0 fully saturated rings. The molecule has 2 heterocycles. The number of fused-ring (bicyclic) bond motifs is 1. The van der Waals surface area contributed by atoms with Gasteiger partial charge >= 0.3 is 0 Å². The van der Waals surface area contributed by atoms with Gasteiger partial charge in [-0.3, -0.25) is 4.84 Å². The van der Waals surface area contributed by atoms with Gasteiger partial charge in [-0.2, -0.15) is 4.37 Å². The van der Waals surface area contributed by atoms with Crippen LogP contribution in [0.15, 0.2) is 54.6 Å². The van der Waals surface area contributed by atoms with E-state index in [0.29, 0.717) is 6.61 Å². The molecule has 0 unspecified atom stereocenters. The lowest BCUT2D eigenvalue weighted by Crippen LogP contribution is -2.27. The third-order valence-corrected chi connectivity index (χ3v) is 4.44. The predicted octanol–water partition coefficient (Wildman–Crippen LogP) is 3.58. The fourth-order valence-corrected chi connectivity index (χ4v) is 3.17. The van der Waals surface area contributed by atoms with Gasteiger partial charge in [-0.15, -0.1) is 0 Å². The monoisotopic (exact) mass is 309 g/mol. The van der Waals surface area contributed by atoms with Gasteiger partial charge in [0.2, 0.25) is 5.13 Å². The van der Waals surface area contributed by atoms with E-state index < -0.39 is 0 Å². The van der Waals surface area contributed by atoms with E-state index in [1.54, 1.807) is 0 Å². The maximum Gasteiger partial charge on any atom is 0.229 e. The molecule has 2 aromatic carbocycles. The first kappa shape index (κ1) is 13.4. The maximum absolute atomic E-state index is 5.80. The van der Waals surface area contributed by atoms with E-state index >= 15 is 0 Å². The third-order valence-electron chi connectivity index (χ3n) is 3.68. The van der Waals surface area contributed by atoms with Crippen LogP contribution in [-0.4, -0.2) is 9.36 Å². The second-order valence-corrected chi connectivity index (χ2v) is 5.96. The Kier molecular flexibility index (Phi) is 3.58. The fraction of sp³-hybridized carbons (Fsp3) is 0.176. The molecular weight excluding hydrogens is 294 g/mol. The Morgan fingerprint density at radius 1 is 1.00 bits per heavy atom. The summed E-state index contributed by atoms with van der Waals surface area (Å²) in [7, 11) is 0. The predicted molar refractivity (Wildman–Crippen MR) is 86.6 cm³/mol. The molecule has 4 nitrogen and oxygen atoms in total. The quantitative estimate of drug-likeness (QED) is 0.741. The highest BCUT2D eigenvalue weighted by Gasteiger charge is 2.20. The highest BCUT2D eigenvalue weighted by molar-refractivity contribution is 7.09. The van der Waals surface area contributed by atoms with E-state index in [1.807, 2.05) is 29.3 Å². The molecule has 0 N–H and O–H groups in total. The molecule has 1 aromatic heterocycles. The SMILES string of the molecule is c1ccc(Cc2nsc(N3Cc4ccccc4CO3)n2)cc1. The van der Waals surface area contributed by atoms with Crippen molar-refractivity contribution < 1.29 is 4.84 Å². The number of nitrogens with zero attached hydrogens (tertiary/aromatic N) is 3. The van der Waals surface area contributed by atoms with Gasteiger partial charge in [-0.25, -0.2) is 10.0 Å². The zero-order valence-corrected chi connectivity index (χ0v) is 12.8. The largest absolute Gasteiger partial charge is 0.266 e. The number of anilines is 1. The molecule has 0 saturated carbocycles. The van der Waals surface area contributed by atoms with Crippen LogP contribution < -0.4 is 5.06 Å². The first-order chi connectivity index (χ1) is 10.9. The molecule has 5 heteroatoms. The number of aromatic nitrogens is 2. The fourth-order valence-electron chi connectivity index (χ4n) is 2.52. The van der Waals surface area contributed by atoms with Gasteiger partial charge in [0.1, 0.15) is 12.4 Å². The minimum atomic E-state index is 0.587. The standard InChI is InChI=1S/C17H15N3OS/c1-2-6-13(7-3-1)10-16-18-17(22-19-16)20-11-14-8-4-5-9-15(14)12-21-20/h1-9H,10-12H2. The zero-order valence-electron chi connectivity index (χ0n) is 12.0. The van der Waals surface area contributed by atoms with Gasteiger partial charge in [0.25, 0.3) is 0 Å². The van der Waals surface area contributed by atoms with Crippen LogP contribution in [-0.2, 0) is 24.4 Å². The molecule has 22 heavy (non-hydrogen) atoms. The highest BCUT2D eigenvalue weighted by Crippen LogP contribution is 2.26. The summed E-state index contributed by atoms with van der Waals surface area (Å²) in [5.74, 6) is 0.841. The molecule has 4 rings (SSSR count). The van der Waals surface area contributed by atoms with Gasteiger partial charge in [-0.05, 0) is 16.7 Å². The van der Waals surface area contributed by atoms with Crippen molar-refractivity contribution in [3.8, 4) is 0 Å². The smallest absolute Gasteiger partial charge is 0.229 e. The Morgan fingerprint density at radius 2 is 1.77 bits per heavy atom. The Labute approximate surface area is 133 Å². The van der Waals surface area contributed by atoms with Crippen molar-refractivity contribution in [1.82, 2.24) is 9.36 Å². The number of hydrogen-bond acceptors (Lipinski definition) is 5. The van der Waals surface area contributed by atoms with Crippen molar-refractivity contribution in [2.75, 3.05) is 5.06 Å². The number of hydroxylamine groups is 1. The van der Waals surface area contributed by atoms with Crippen LogP contribution in [0, 0.1) is 0 Å². The first-order valence-corrected chi connectivity index (χ1v) is 7.99. The van der Waals surface area contributed by atoms with E-state index in [4.69, 9.17) is 4.84 Å². The summed E-state index contributed by atoms with van der Waals surface area (Å²) in [5.41, 5.74) is 3.75. The lowest BCUT2D eigenvalue weighted by atomic mass is 10.1. The topological polar surface area (TPSA) is 38.2 Å². The van der Waals surface area contributed by atoms with Crippen LogP contribution in [0.4, 0.5) is 5.13 Å². The molecule has 0 atom stereocenters. The first-order valence-electron chi connectivity index (χ1n) is 7.22. The van der Waals surface area contributed by atoms with Crippen LogP contribution in [0.2, 0.25) is 0 Å². The molecule has 110 valence electrons. The lowest BCUT2D eigenvalue weighted by molar-refractivity contribution is 0.0779. The summed E-state index contributed by atoms with van der Waals surface area (Å²) in [6, 6.07) is 18.6. The molecule has 0 spiro atoms. The molecule has 1 aliphatic rings. The second-order valence-electron chi connectivity index (χ2n) is 5.23. The van der Waals surface area contributed by atoms with Crippen molar-refractivity contribution >= 4 is 16.7 Å². The third kappa shape index (κ3) is 2.73. The Hall–Kier alpha value is -2.24. The van der Waals surface area contributed by atoms with Gasteiger partial charge < -0.3 is 0 Å². The highest BCUT2D eigenvalue weighted by atomic mass is 32.1. The molecule has 0 bridgehead atoms. The minimum Gasteiger partial charge on any atom is -0.266 e. The zero-order chi connectivity index (χ0) is 14.8. The van der Waals surface area contributed by atoms with Crippen molar-refractivity contribution in [3.63, 3.8) is 0 Å². The molecule has 0 radical (unpaired) electrons. The van der Waals surface area contributed by atoms with Crippen LogP contribution in [0.1, 0.15) is 22.5 Å². The van der Waals surface area contributed by atoms with Crippen LogP contribution >= 0.6 is 11.5 Å². The van der Waals surface area contributed by atoms with Gasteiger partial charge in [0.05, 0.1) is 6.54 Å². The summed E-state index contributed by atoms with van der Waals surface area (Å²) in [4.78, 5) is 10.4. The summed E-state index contributed by atoms with van der Waals surface area (Å²) < 4.78 is 4.45. The molecule has 0 amide bonds. The van der Waals surface area contributed by atoms with Crippen molar-refractivity contribution in [2.45, 2.75) is 19.6 Å². The molecule has 1 aliphatic heterocycles. The number of rotatable bonds is 3. The molecule has 0 saturated heterocycles. The minimum absolute atomic E-state index is 0.587. The molecule has 0 aliphatic carbocycles. The number of benzene rings is 2. The Morgan fingerprint density at radius 3 is 2.64 bits per heavy atom. The summed E-state index contributed by atoms with van der Waals surface area (Å²) >= 11 is 1.39. The average Bonchev–Trinajstić information content (AvgIpc) is 3.04. The summed E-state index contributed by atoms with van der Waals surface area (Å²) in [5, 5.41) is 2.66. The van der Waals surface area contributed by atoms with Gasteiger partial charge in [0.15, 0.2) is 0 Å². The van der Waals surface area contributed by atoms with E-state index in [9.17, 15) is 0 Å². The van der Waals surface area contributed by atoms with E-state index in [1.165, 1.54) is 28.2 Å². The van der Waals surface area contributed by atoms with Crippen LogP contribution in [0.25, 0.3) is 0 Å². The summed E-state index contributed by atoms with van der Waals surface area (Å²) in [6.45, 7) is 1.31. The Bertz CT molecular complexity index is 772. The van der Waals surface area contributed by atoms with Crippen molar-refractivity contribution in [2.24, 2.45) is 0 Å². The van der Waals surface area contributed by atoms with Crippen molar-refractivity contribution in [1.29, 1.82) is 0 Å². The molecular formula is C17H15N3OS. The van der Waals surface area contributed by atoms with E-state index in [-0.39, 0.29) is 0 Å². The average molecular weight is 309 g/mol. The second kappa shape index (κ2) is 5.87. The molecule has 3 aromatic rings. The van der Waals surface area contributed by atoms with Gasteiger partial charge in [-0.1, -0.05) is 54.6 Å². The summed E-state index contributed by atoms with van der Waals surface area (Å²) in [6.07, 6.45) is 0.752. The van der Waals surface area contributed by atoms with E-state index in [2.05, 4.69) is 39.7 Å². The van der Waals surface area contributed by atoms with Crippen LogP contribution in [0.5, 0.6) is 0 Å². The van der Waals surface area contributed by atoms with Crippen LogP contribution in [0.3, 0.4) is 0 Å². The van der Waals surface area contributed by atoms with Gasteiger partial charge in [0, 0.05) is 18.0 Å². The van der Waals surface area contributed by atoms with Crippen molar-refractivity contribution in [3.05, 3.63) is 77.1 Å². The maximum atomic E-state index is 5.80.